The Morgan fingerprint density at radius 2 is 2.27 bits per heavy atom. The Labute approximate surface area is 98.6 Å². The topological polar surface area (TPSA) is 27.3 Å². The van der Waals surface area contributed by atoms with Crippen molar-refractivity contribution in [2.45, 2.75) is 32.7 Å². The molecule has 15 heavy (non-hydrogen) atoms. The summed E-state index contributed by atoms with van der Waals surface area (Å²) in [5.41, 5.74) is 0. The molecule has 88 valence electrons. The number of piperidine rings is 1. The van der Waals surface area contributed by atoms with Crippen LogP contribution in [0.1, 0.15) is 26.7 Å². The Morgan fingerprint density at radius 1 is 1.53 bits per heavy atom. The molecule has 1 aliphatic rings. The van der Waals surface area contributed by atoms with Gasteiger partial charge >= 0.3 is 0 Å². The van der Waals surface area contributed by atoms with Crippen LogP contribution < -0.4 is 10.6 Å². The molecule has 4 heteroatoms. The normalized spacial score (nSPS) is 27.4. The van der Waals surface area contributed by atoms with Crippen LogP contribution in [0.4, 0.5) is 0 Å². The Hall–Kier alpha value is -0.350. The van der Waals surface area contributed by atoms with Crippen LogP contribution in [0.15, 0.2) is 0 Å². The van der Waals surface area contributed by atoms with E-state index in [1.54, 1.807) is 0 Å². The molecule has 1 saturated heterocycles. The van der Waals surface area contributed by atoms with Crippen molar-refractivity contribution in [1.29, 1.82) is 0 Å². The molecule has 2 unspecified atom stereocenters. The van der Waals surface area contributed by atoms with Gasteiger partial charge in [-0.25, -0.2) is 0 Å². The first kappa shape index (κ1) is 12.7. The summed E-state index contributed by atoms with van der Waals surface area (Å²) in [5, 5.41) is 7.45. The van der Waals surface area contributed by atoms with Gasteiger partial charge in [0, 0.05) is 19.1 Å². The molecule has 1 rings (SSSR count). The number of thiocarbonyl (C=S) groups is 1. The van der Waals surface area contributed by atoms with Crippen molar-refractivity contribution in [2.75, 3.05) is 26.7 Å². The summed E-state index contributed by atoms with van der Waals surface area (Å²) in [7, 11) is 2.18. The van der Waals surface area contributed by atoms with Crippen LogP contribution in [0.5, 0.6) is 0 Å². The Kier molecular flexibility index (Phi) is 5.32. The molecule has 0 spiro atoms. The van der Waals surface area contributed by atoms with Crippen LogP contribution in [-0.4, -0.2) is 42.7 Å². The second-order valence-electron chi connectivity index (χ2n) is 4.53. The van der Waals surface area contributed by atoms with Crippen molar-refractivity contribution in [1.82, 2.24) is 15.5 Å². The number of hydrogen-bond donors (Lipinski definition) is 2. The zero-order valence-corrected chi connectivity index (χ0v) is 10.9. The molecule has 0 bridgehead atoms. The third-order valence-electron chi connectivity index (χ3n) is 2.96. The molecular formula is C11H23N3S. The predicted molar refractivity (Wildman–Crippen MR) is 69.1 cm³/mol. The first-order chi connectivity index (χ1) is 7.13. The largest absolute Gasteiger partial charge is 0.363 e. The average Bonchev–Trinajstić information content (AvgIpc) is 2.19. The predicted octanol–water partition coefficient (Wildman–Crippen LogP) is 1.20. The van der Waals surface area contributed by atoms with E-state index in [1.807, 2.05) is 0 Å². The van der Waals surface area contributed by atoms with Gasteiger partial charge in [-0.1, -0.05) is 13.8 Å². The van der Waals surface area contributed by atoms with Crippen molar-refractivity contribution in [2.24, 2.45) is 5.92 Å². The number of nitrogens with zero attached hydrogens (tertiary/aromatic N) is 1. The molecule has 0 saturated carbocycles. The maximum atomic E-state index is 5.25. The van der Waals surface area contributed by atoms with E-state index in [1.165, 1.54) is 13.0 Å². The van der Waals surface area contributed by atoms with Crippen LogP contribution in [-0.2, 0) is 0 Å². The van der Waals surface area contributed by atoms with Gasteiger partial charge in [0.05, 0.1) is 0 Å². The van der Waals surface area contributed by atoms with Gasteiger partial charge in [0.15, 0.2) is 5.11 Å². The standard InChI is InChI=1S/C11H23N3S/c1-4-6-12-11(15)13-10-5-7-14(3)8-9(10)2/h9-10H,4-8H2,1-3H3,(H2,12,13,15). The lowest BCUT2D eigenvalue weighted by Crippen LogP contribution is -2.51. The first-order valence-corrected chi connectivity index (χ1v) is 6.27. The third kappa shape index (κ3) is 4.34. The fraction of sp³-hybridized carbons (Fsp3) is 0.909. The fourth-order valence-electron chi connectivity index (χ4n) is 2.03. The minimum absolute atomic E-state index is 0.540. The first-order valence-electron chi connectivity index (χ1n) is 5.86. The van der Waals surface area contributed by atoms with Gasteiger partial charge in [-0.2, -0.15) is 0 Å². The highest BCUT2D eigenvalue weighted by Gasteiger charge is 2.24. The summed E-state index contributed by atoms with van der Waals surface area (Å²) in [6, 6.07) is 0.540. The summed E-state index contributed by atoms with van der Waals surface area (Å²) < 4.78 is 0. The Bertz CT molecular complexity index is 208. The molecule has 1 heterocycles. The molecule has 0 aromatic rings. The van der Waals surface area contributed by atoms with E-state index in [2.05, 4.69) is 36.4 Å². The Morgan fingerprint density at radius 3 is 2.87 bits per heavy atom. The van der Waals surface area contributed by atoms with E-state index in [9.17, 15) is 0 Å². The lowest BCUT2D eigenvalue weighted by molar-refractivity contribution is 0.187. The van der Waals surface area contributed by atoms with Crippen molar-refractivity contribution in [3.63, 3.8) is 0 Å². The molecule has 1 aliphatic heterocycles. The smallest absolute Gasteiger partial charge is 0.166 e. The molecule has 0 aromatic carbocycles. The lowest BCUT2D eigenvalue weighted by Gasteiger charge is -2.35. The van der Waals surface area contributed by atoms with E-state index in [-0.39, 0.29) is 0 Å². The molecule has 2 N–H and O–H groups in total. The second-order valence-corrected chi connectivity index (χ2v) is 4.94. The molecule has 0 amide bonds. The zero-order valence-electron chi connectivity index (χ0n) is 10.0. The minimum Gasteiger partial charge on any atom is -0.363 e. The number of likely N-dealkylation sites (tertiary alicyclic amines) is 1. The highest BCUT2D eigenvalue weighted by Crippen LogP contribution is 2.14. The molecule has 0 aliphatic carbocycles. The van der Waals surface area contributed by atoms with Gasteiger partial charge in [0.25, 0.3) is 0 Å². The van der Waals surface area contributed by atoms with E-state index >= 15 is 0 Å². The quantitative estimate of drug-likeness (QED) is 0.711. The van der Waals surface area contributed by atoms with Gasteiger partial charge in [-0.15, -0.1) is 0 Å². The highest BCUT2D eigenvalue weighted by atomic mass is 32.1. The molecule has 3 nitrogen and oxygen atoms in total. The number of hydrogen-bond acceptors (Lipinski definition) is 2. The van der Waals surface area contributed by atoms with Crippen molar-refractivity contribution in [3.05, 3.63) is 0 Å². The molecule has 2 atom stereocenters. The van der Waals surface area contributed by atoms with Crippen molar-refractivity contribution in [3.8, 4) is 0 Å². The highest BCUT2D eigenvalue weighted by molar-refractivity contribution is 7.80. The SMILES string of the molecule is CCCNC(=S)NC1CCN(C)CC1C. The van der Waals surface area contributed by atoms with Crippen LogP contribution in [0.25, 0.3) is 0 Å². The van der Waals surface area contributed by atoms with Crippen molar-refractivity contribution < 1.29 is 0 Å². The summed E-state index contributed by atoms with van der Waals surface area (Å²) in [6.07, 6.45) is 2.30. The van der Waals surface area contributed by atoms with Gasteiger partial charge in [-0.05, 0) is 44.6 Å². The molecule has 0 radical (unpaired) electrons. The van der Waals surface area contributed by atoms with Crippen LogP contribution >= 0.6 is 12.2 Å². The fourth-order valence-corrected chi connectivity index (χ4v) is 2.28. The lowest BCUT2D eigenvalue weighted by atomic mass is 9.94. The molecule has 1 fully saturated rings. The monoisotopic (exact) mass is 229 g/mol. The van der Waals surface area contributed by atoms with E-state index in [4.69, 9.17) is 12.2 Å². The van der Waals surface area contributed by atoms with Crippen molar-refractivity contribution >= 4 is 17.3 Å². The average molecular weight is 229 g/mol. The second kappa shape index (κ2) is 6.28. The van der Waals surface area contributed by atoms with Gasteiger partial charge in [0.1, 0.15) is 0 Å². The maximum absolute atomic E-state index is 5.25. The van der Waals surface area contributed by atoms with E-state index in [0.29, 0.717) is 12.0 Å². The minimum atomic E-state index is 0.540. The number of nitrogens with one attached hydrogen (secondary N) is 2. The summed E-state index contributed by atoms with van der Waals surface area (Å²) in [5.74, 6) is 0.671. The van der Waals surface area contributed by atoms with Gasteiger partial charge < -0.3 is 15.5 Å². The number of rotatable bonds is 3. The molecular weight excluding hydrogens is 206 g/mol. The van der Waals surface area contributed by atoms with E-state index in [0.717, 1.165) is 24.6 Å². The van der Waals surface area contributed by atoms with Crippen LogP contribution in [0, 0.1) is 5.92 Å². The summed E-state index contributed by atoms with van der Waals surface area (Å²) in [4.78, 5) is 2.38. The summed E-state index contributed by atoms with van der Waals surface area (Å²) in [6.45, 7) is 7.73. The van der Waals surface area contributed by atoms with Crippen LogP contribution in [0.2, 0.25) is 0 Å². The van der Waals surface area contributed by atoms with Gasteiger partial charge in [-0.3, -0.25) is 0 Å². The maximum Gasteiger partial charge on any atom is 0.166 e. The Balaban J connectivity index is 2.28. The van der Waals surface area contributed by atoms with E-state index < -0.39 is 0 Å². The summed E-state index contributed by atoms with van der Waals surface area (Å²) >= 11 is 5.25. The van der Waals surface area contributed by atoms with Crippen LogP contribution in [0.3, 0.4) is 0 Å². The zero-order chi connectivity index (χ0) is 11.3. The van der Waals surface area contributed by atoms with Gasteiger partial charge in [0.2, 0.25) is 0 Å². The molecule has 0 aromatic heterocycles. The third-order valence-corrected chi connectivity index (χ3v) is 3.22.